The highest BCUT2D eigenvalue weighted by Crippen LogP contribution is 2.35. The van der Waals surface area contributed by atoms with E-state index in [1.165, 1.54) is 26.2 Å². The van der Waals surface area contributed by atoms with Crippen LogP contribution in [-0.4, -0.2) is 47.6 Å². The van der Waals surface area contributed by atoms with Crippen molar-refractivity contribution in [3.05, 3.63) is 59.4 Å². The normalized spacial score (nSPS) is 11.3. The van der Waals surface area contributed by atoms with E-state index < -0.39 is 10.0 Å². The molecule has 0 spiro atoms. The molecule has 2 heterocycles. The first-order chi connectivity index (χ1) is 18.2. The molecule has 0 amide bonds. The quantitative estimate of drug-likeness (QED) is 0.115. The lowest BCUT2D eigenvalue weighted by Gasteiger charge is -2.14. The lowest BCUT2D eigenvalue weighted by atomic mass is 9.92. The van der Waals surface area contributed by atoms with Gasteiger partial charge in [-0.3, -0.25) is 19.3 Å². The molecule has 0 saturated heterocycles. The van der Waals surface area contributed by atoms with Crippen molar-refractivity contribution in [3.63, 3.8) is 0 Å². The molecule has 2 aromatic carbocycles. The summed E-state index contributed by atoms with van der Waals surface area (Å²) in [5.41, 5.74) is 1.00. The van der Waals surface area contributed by atoms with Crippen molar-refractivity contribution in [1.29, 1.82) is 5.41 Å². The molecule has 0 saturated carbocycles. The van der Waals surface area contributed by atoms with Crippen molar-refractivity contribution >= 4 is 40.6 Å². The second kappa shape index (κ2) is 11.5. The number of nitrogens with zero attached hydrogens (tertiary/aromatic N) is 4. The van der Waals surface area contributed by atoms with Gasteiger partial charge in [0.25, 0.3) is 10.0 Å². The van der Waals surface area contributed by atoms with Gasteiger partial charge >= 0.3 is 13.2 Å². The maximum Gasteiger partial charge on any atom is 0.371 e. The van der Waals surface area contributed by atoms with E-state index >= 15 is 0 Å². The molecule has 0 aliphatic carbocycles. The van der Waals surface area contributed by atoms with Gasteiger partial charge < -0.3 is 18.7 Å². The highest BCUT2D eigenvalue weighted by molar-refractivity contribution is 7.92. The molecule has 4 rings (SSSR count). The molecule has 199 valence electrons. The van der Waals surface area contributed by atoms with E-state index in [1.54, 1.807) is 65.0 Å². The van der Waals surface area contributed by atoms with Gasteiger partial charge in [-0.2, -0.15) is 8.42 Å². The van der Waals surface area contributed by atoms with Gasteiger partial charge in [0.2, 0.25) is 0 Å². The van der Waals surface area contributed by atoms with Crippen molar-refractivity contribution < 1.29 is 22.5 Å². The zero-order valence-corrected chi connectivity index (χ0v) is 22.1. The summed E-state index contributed by atoms with van der Waals surface area (Å²) in [6, 6.07) is 10.2. The summed E-state index contributed by atoms with van der Waals surface area (Å²) < 4.78 is 49.8. The number of aryl methyl sites for hydroxylation is 3. The van der Waals surface area contributed by atoms with Gasteiger partial charge in [-0.15, -0.1) is 0 Å². The summed E-state index contributed by atoms with van der Waals surface area (Å²) in [7, 11) is 2.46. The molecule has 4 aromatic rings. The summed E-state index contributed by atoms with van der Waals surface area (Å²) in [4.78, 5) is 16.5. The van der Waals surface area contributed by atoms with Crippen LogP contribution in [0.25, 0.3) is 11.0 Å². The summed E-state index contributed by atoms with van der Waals surface area (Å²) in [6.45, 7) is 0.481. The first-order valence-electron chi connectivity index (χ1n) is 11.8. The second-order valence-corrected chi connectivity index (χ2v) is 10.2. The number of benzene rings is 2. The number of ether oxygens (including phenoxy) is 2. The van der Waals surface area contributed by atoms with Crippen LogP contribution in [0.5, 0.6) is 17.2 Å². The fraction of sp³-hybridized carbons (Fsp3) is 0.292. The number of hydrogen-bond acceptors (Lipinski definition) is 8. The third kappa shape index (κ3) is 6.02. The minimum atomic E-state index is -4.03. The number of unbranched alkanes of at least 4 members (excludes halogenated alkanes) is 1. The zero-order chi connectivity index (χ0) is 27.3. The molecule has 0 fully saturated rings. The molecule has 2 aromatic heterocycles. The van der Waals surface area contributed by atoms with Gasteiger partial charge in [-0.1, -0.05) is 12.5 Å². The Morgan fingerprint density at radius 1 is 1.08 bits per heavy atom. The van der Waals surface area contributed by atoms with Crippen LogP contribution >= 0.6 is 0 Å². The first kappa shape index (κ1) is 26.9. The van der Waals surface area contributed by atoms with Crippen LogP contribution in [0.15, 0.2) is 58.7 Å². The zero-order valence-electron chi connectivity index (χ0n) is 21.2. The Labute approximate surface area is 220 Å². The van der Waals surface area contributed by atoms with Crippen LogP contribution in [0.2, 0.25) is 6.32 Å². The molecular formula is C24H28BN6O6S. The molecule has 0 aliphatic heterocycles. The minimum absolute atomic E-state index is 0.148. The first-order valence-corrected chi connectivity index (χ1v) is 13.2. The summed E-state index contributed by atoms with van der Waals surface area (Å²) in [5.74, 6) is 1.22. The van der Waals surface area contributed by atoms with E-state index in [0.717, 1.165) is 19.2 Å². The second-order valence-electron chi connectivity index (χ2n) is 8.56. The number of rotatable bonds is 13. The maximum atomic E-state index is 13.0. The fourth-order valence-corrected chi connectivity index (χ4v) is 4.85. The number of hydrogen-bond donors (Lipinski definition) is 2. The van der Waals surface area contributed by atoms with Crippen LogP contribution in [-0.2, 0) is 35.8 Å². The molecule has 1 radical (unpaired) electrons. The van der Waals surface area contributed by atoms with Gasteiger partial charge in [0, 0.05) is 39.5 Å². The van der Waals surface area contributed by atoms with Crippen LogP contribution in [0.3, 0.4) is 0 Å². The van der Waals surface area contributed by atoms with E-state index in [9.17, 15) is 13.2 Å². The number of aromatic nitrogens is 4. The van der Waals surface area contributed by atoms with Gasteiger partial charge in [0.15, 0.2) is 10.8 Å². The van der Waals surface area contributed by atoms with E-state index in [-0.39, 0.29) is 22.2 Å². The highest BCUT2D eigenvalue weighted by Gasteiger charge is 2.22. The Morgan fingerprint density at radius 3 is 2.53 bits per heavy atom. The smallest absolute Gasteiger partial charge is 0.371 e. The molecule has 2 N–H and O–H groups in total. The predicted octanol–water partition coefficient (Wildman–Crippen LogP) is 3.02. The van der Waals surface area contributed by atoms with Crippen molar-refractivity contribution in [1.82, 2.24) is 18.7 Å². The SMILES string of the molecule is Cn1cnc(S(=O)(=O)Nc2cc3c(cc2Oc2cccc(OCCCC[B]OC=N)c2)n(C)c(=O)n3C)c1. The maximum absolute atomic E-state index is 13.0. The molecular weight excluding hydrogens is 511 g/mol. The van der Waals surface area contributed by atoms with Crippen LogP contribution in [0.4, 0.5) is 5.69 Å². The van der Waals surface area contributed by atoms with E-state index in [4.69, 9.17) is 19.5 Å². The topological polar surface area (TPSA) is 142 Å². The van der Waals surface area contributed by atoms with Crippen molar-refractivity contribution in [2.75, 3.05) is 11.3 Å². The van der Waals surface area contributed by atoms with Crippen LogP contribution in [0.1, 0.15) is 12.8 Å². The molecule has 14 heteroatoms. The largest absolute Gasteiger partial charge is 0.556 e. The van der Waals surface area contributed by atoms with Crippen molar-refractivity contribution in [2.24, 2.45) is 21.1 Å². The third-order valence-electron chi connectivity index (χ3n) is 5.76. The van der Waals surface area contributed by atoms with Crippen LogP contribution in [0, 0.1) is 5.41 Å². The van der Waals surface area contributed by atoms with E-state index in [1.807, 2.05) is 0 Å². The number of anilines is 1. The lowest BCUT2D eigenvalue weighted by Crippen LogP contribution is -2.19. The standard InChI is InChI=1S/C24H28BN6O6S/c1-29-14-23(27-16-29)38(33,34)28-19-12-20-21(31(3)24(32)30(20)2)13-22(19)37-18-8-6-7-17(11-18)35-10-5-4-9-25-36-15-26/h6-8,11-16,26,28H,4-5,9-10H2,1-3H3. The monoisotopic (exact) mass is 539 g/mol. The number of nitrogens with one attached hydrogen (secondary N) is 2. The average Bonchev–Trinajstić information content (AvgIpc) is 3.42. The van der Waals surface area contributed by atoms with E-state index in [2.05, 4.69) is 9.71 Å². The summed E-state index contributed by atoms with van der Waals surface area (Å²) >= 11 is 0. The third-order valence-corrected chi connectivity index (χ3v) is 7.01. The number of sulfonamides is 1. The Morgan fingerprint density at radius 2 is 1.82 bits per heavy atom. The van der Waals surface area contributed by atoms with Gasteiger partial charge in [0.1, 0.15) is 17.9 Å². The predicted molar refractivity (Wildman–Crippen MR) is 144 cm³/mol. The Kier molecular flexibility index (Phi) is 8.10. The van der Waals surface area contributed by atoms with E-state index in [0.29, 0.717) is 35.5 Å². The molecule has 0 aliphatic rings. The van der Waals surface area contributed by atoms with Crippen molar-refractivity contribution in [3.8, 4) is 17.2 Å². The fourth-order valence-electron chi connectivity index (χ4n) is 3.81. The molecule has 38 heavy (non-hydrogen) atoms. The van der Waals surface area contributed by atoms with Gasteiger partial charge in [-0.25, -0.2) is 9.78 Å². The molecule has 0 bridgehead atoms. The van der Waals surface area contributed by atoms with Crippen LogP contribution < -0.4 is 19.9 Å². The minimum Gasteiger partial charge on any atom is -0.556 e. The Balaban J connectivity index is 1.59. The van der Waals surface area contributed by atoms with Crippen molar-refractivity contribution in [2.45, 2.75) is 24.2 Å². The number of imidazole rings is 2. The van der Waals surface area contributed by atoms with Gasteiger partial charge in [0.05, 0.1) is 29.7 Å². The highest BCUT2D eigenvalue weighted by atomic mass is 32.2. The Bertz CT molecular complexity index is 1610. The molecule has 0 atom stereocenters. The van der Waals surface area contributed by atoms with Gasteiger partial charge in [-0.05, 0) is 30.9 Å². The molecule has 12 nitrogen and oxygen atoms in total. The lowest BCUT2D eigenvalue weighted by molar-refractivity contribution is 0.307. The Hall–Kier alpha value is -4.20. The summed E-state index contributed by atoms with van der Waals surface area (Å²) in [6.07, 6.45) is 6.01. The average molecular weight is 539 g/mol. The summed E-state index contributed by atoms with van der Waals surface area (Å²) in [5, 5.41) is 6.67. The molecule has 0 unspecified atom stereocenters. The number of fused-ring (bicyclic) bond motifs is 1.